The van der Waals surface area contributed by atoms with E-state index in [1.165, 1.54) is 11.8 Å². The molecular weight excluding hydrogens is 260 g/mol. The zero-order valence-electron chi connectivity index (χ0n) is 12.4. The van der Waals surface area contributed by atoms with Crippen LogP contribution in [-0.2, 0) is 14.4 Å². The average Bonchev–Trinajstić information content (AvgIpc) is 2.37. The lowest BCUT2D eigenvalue weighted by atomic mass is 9.99. The first kappa shape index (κ1) is 16.5. The van der Waals surface area contributed by atoms with Crippen LogP contribution in [0.5, 0.6) is 0 Å². The third-order valence-electron chi connectivity index (χ3n) is 3.53. The van der Waals surface area contributed by atoms with Crippen LogP contribution < -0.4 is 5.32 Å². The van der Waals surface area contributed by atoms with Crippen molar-refractivity contribution in [1.82, 2.24) is 10.2 Å². The van der Waals surface area contributed by atoms with Crippen LogP contribution in [0.3, 0.4) is 0 Å². The molecular formula is C14H24N2O4. The maximum Gasteiger partial charge on any atom is 0.326 e. The number of hydrogen-bond donors (Lipinski definition) is 2. The van der Waals surface area contributed by atoms with Gasteiger partial charge < -0.3 is 15.3 Å². The minimum Gasteiger partial charge on any atom is -0.480 e. The number of rotatable bonds is 5. The fraction of sp³-hybridized carbons (Fsp3) is 0.786. The predicted molar refractivity (Wildman–Crippen MR) is 74.0 cm³/mol. The van der Waals surface area contributed by atoms with Crippen molar-refractivity contribution < 1.29 is 19.5 Å². The molecule has 1 aliphatic heterocycles. The van der Waals surface area contributed by atoms with E-state index in [-0.39, 0.29) is 17.7 Å². The lowest BCUT2D eigenvalue weighted by Crippen LogP contribution is -2.54. The van der Waals surface area contributed by atoms with Gasteiger partial charge in [0.05, 0.1) is 0 Å². The van der Waals surface area contributed by atoms with Crippen LogP contribution in [-0.4, -0.2) is 46.4 Å². The Labute approximate surface area is 119 Å². The maximum absolute atomic E-state index is 12.2. The van der Waals surface area contributed by atoms with Gasteiger partial charge in [-0.05, 0) is 31.6 Å². The van der Waals surface area contributed by atoms with E-state index in [2.05, 4.69) is 5.32 Å². The lowest BCUT2D eigenvalue weighted by Gasteiger charge is -2.34. The highest BCUT2D eigenvalue weighted by molar-refractivity contribution is 5.90. The summed E-state index contributed by atoms with van der Waals surface area (Å²) in [5, 5.41) is 11.7. The first-order chi connectivity index (χ1) is 9.32. The van der Waals surface area contributed by atoms with Crippen LogP contribution in [0.2, 0.25) is 0 Å². The van der Waals surface area contributed by atoms with Gasteiger partial charge in [-0.15, -0.1) is 0 Å². The molecule has 2 amide bonds. The van der Waals surface area contributed by atoms with E-state index in [0.29, 0.717) is 19.4 Å². The predicted octanol–water partition coefficient (Wildman–Crippen LogP) is 1.00. The topological polar surface area (TPSA) is 86.7 Å². The molecule has 0 bridgehead atoms. The van der Waals surface area contributed by atoms with Gasteiger partial charge in [0.2, 0.25) is 11.8 Å². The summed E-state index contributed by atoms with van der Waals surface area (Å²) in [7, 11) is 0. The molecule has 6 heteroatoms. The minimum absolute atomic E-state index is 0.138. The van der Waals surface area contributed by atoms with Gasteiger partial charge in [-0.3, -0.25) is 9.59 Å². The molecule has 0 aromatic carbocycles. The van der Waals surface area contributed by atoms with Crippen LogP contribution in [0.4, 0.5) is 0 Å². The van der Waals surface area contributed by atoms with E-state index < -0.39 is 18.1 Å². The molecule has 0 radical (unpaired) electrons. The highest BCUT2D eigenvalue weighted by Gasteiger charge is 2.32. The van der Waals surface area contributed by atoms with E-state index in [4.69, 9.17) is 5.11 Å². The minimum atomic E-state index is -1.03. The van der Waals surface area contributed by atoms with Crippen molar-refractivity contribution in [3.63, 3.8) is 0 Å². The average molecular weight is 284 g/mol. The van der Waals surface area contributed by atoms with Crippen LogP contribution in [0.1, 0.15) is 46.5 Å². The fourth-order valence-electron chi connectivity index (χ4n) is 2.54. The van der Waals surface area contributed by atoms with Crippen molar-refractivity contribution in [2.75, 3.05) is 6.54 Å². The highest BCUT2D eigenvalue weighted by Crippen LogP contribution is 2.18. The van der Waals surface area contributed by atoms with Gasteiger partial charge in [0.25, 0.3) is 0 Å². The van der Waals surface area contributed by atoms with Gasteiger partial charge in [-0.1, -0.05) is 13.8 Å². The first-order valence-corrected chi connectivity index (χ1v) is 7.13. The largest absolute Gasteiger partial charge is 0.480 e. The monoisotopic (exact) mass is 284 g/mol. The van der Waals surface area contributed by atoms with Crippen LogP contribution in [0.15, 0.2) is 0 Å². The van der Waals surface area contributed by atoms with E-state index >= 15 is 0 Å². The van der Waals surface area contributed by atoms with Crippen molar-refractivity contribution in [1.29, 1.82) is 0 Å². The van der Waals surface area contributed by atoms with Gasteiger partial charge in [0.15, 0.2) is 0 Å². The van der Waals surface area contributed by atoms with Gasteiger partial charge in [0.1, 0.15) is 12.1 Å². The molecule has 2 atom stereocenters. The molecule has 1 saturated heterocycles. The quantitative estimate of drug-likeness (QED) is 0.788. The Bertz CT molecular complexity index is 381. The molecule has 0 aromatic heterocycles. The van der Waals surface area contributed by atoms with Crippen molar-refractivity contribution in [3.05, 3.63) is 0 Å². The van der Waals surface area contributed by atoms with E-state index in [0.717, 1.165) is 12.8 Å². The molecule has 2 N–H and O–H groups in total. The van der Waals surface area contributed by atoms with Crippen LogP contribution in [0.25, 0.3) is 0 Å². The standard InChI is InChI=1S/C14H24N2O4/c1-9(2)8-11(14(19)20)15-13(18)12-6-4-5-7-16(12)10(3)17/h9,11-12H,4-8H2,1-3H3,(H,15,18)(H,19,20)/t11-,12?/m1/s1. The third-order valence-corrected chi connectivity index (χ3v) is 3.53. The summed E-state index contributed by atoms with van der Waals surface area (Å²) in [4.78, 5) is 36.5. The second-order valence-corrected chi connectivity index (χ2v) is 5.75. The van der Waals surface area contributed by atoms with Crippen LogP contribution >= 0.6 is 0 Å². The number of amides is 2. The molecule has 6 nitrogen and oxygen atoms in total. The zero-order valence-corrected chi connectivity index (χ0v) is 12.4. The summed E-state index contributed by atoms with van der Waals surface area (Å²) in [6, 6.07) is -1.42. The van der Waals surface area contributed by atoms with Gasteiger partial charge >= 0.3 is 5.97 Å². The zero-order chi connectivity index (χ0) is 15.3. The van der Waals surface area contributed by atoms with Crippen molar-refractivity contribution in [3.8, 4) is 0 Å². The molecule has 0 saturated carbocycles. The Morgan fingerprint density at radius 2 is 1.95 bits per heavy atom. The molecule has 1 rings (SSSR count). The molecule has 0 aromatic rings. The number of piperidine rings is 1. The van der Waals surface area contributed by atoms with E-state index in [1.807, 2.05) is 13.8 Å². The van der Waals surface area contributed by atoms with Crippen molar-refractivity contribution in [2.45, 2.75) is 58.5 Å². The van der Waals surface area contributed by atoms with Gasteiger partial charge in [-0.25, -0.2) is 4.79 Å². The summed E-state index contributed by atoms with van der Waals surface area (Å²) in [6.45, 7) is 5.82. The maximum atomic E-state index is 12.2. The number of aliphatic carboxylic acids is 1. The number of carbonyl (C=O) groups excluding carboxylic acids is 2. The van der Waals surface area contributed by atoms with Crippen LogP contribution in [0, 0.1) is 5.92 Å². The Kier molecular flexibility index (Phi) is 5.98. The summed E-state index contributed by atoms with van der Waals surface area (Å²) in [5.41, 5.74) is 0. The molecule has 20 heavy (non-hydrogen) atoms. The number of nitrogens with one attached hydrogen (secondary N) is 1. The van der Waals surface area contributed by atoms with Crippen molar-refractivity contribution in [2.24, 2.45) is 5.92 Å². The first-order valence-electron chi connectivity index (χ1n) is 7.13. The number of carboxylic acid groups (broad SMARTS) is 1. The molecule has 0 aliphatic carbocycles. The fourth-order valence-corrected chi connectivity index (χ4v) is 2.54. The third kappa shape index (κ3) is 4.51. The summed E-state index contributed by atoms with van der Waals surface area (Å²) in [6.07, 6.45) is 2.74. The summed E-state index contributed by atoms with van der Waals surface area (Å²) >= 11 is 0. The SMILES string of the molecule is CC(=O)N1CCCCC1C(=O)N[C@H](CC(C)C)C(=O)O. The molecule has 114 valence electrons. The Morgan fingerprint density at radius 1 is 1.30 bits per heavy atom. The highest BCUT2D eigenvalue weighted by atomic mass is 16.4. The Morgan fingerprint density at radius 3 is 2.45 bits per heavy atom. The Hall–Kier alpha value is -1.59. The van der Waals surface area contributed by atoms with Gasteiger partial charge in [-0.2, -0.15) is 0 Å². The van der Waals surface area contributed by atoms with E-state index in [1.54, 1.807) is 0 Å². The molecule has 1 unspecified atom stereocenters. The second kappa shape index (κ2) is 7.26. The number of carbonyl (C=O) groups is 3. The normalized spacial score (nSPS) is 20.6. The lowest BCUT2D eigenvalue weighted by molar-refractivity contribution is -0.145. The number of likely N-dealkylation sites (tertiary alicyclic amines) is 1. The number of hydrogen-bond acceptors (Lipinski definition) is 3. The molecule has 0 spiro atoms. The molecule has 1 aliphatic rings. The smallest absolute Gasteiger partial charge is 0.326 e. The Balaban J connectivity index is 2.71. The molecule has 1 heterocycles. The number of nitrogens with zero attached hydrogens (tertiary/aromatic N) is 1. The van der Waals surface area contributed by atoms with Gasteiger partial charge in [0, 0.05) is 13.5 Å². The van der Waals surface area contributed by atoms with E-state index in [9.17, 15) is 14.4 Å². The summed E-state index contributed by atoms with van der Waals surface area (Å²) < 4.78 is 0. The molecule has 1 fully saturated rings. The van der Waals surface area contributed by atoms with Crippen molar-refractivity contribution >= 4 is 17.8 Å². The summed E-state index contributed by atoms with van der Waals surface area (Å²) in [5.74, 6) is -1.35. The second-order valence-electron chi connectivity index (χ2n) is 5.75. The number of carboxylic acids is 1.